The second kappa shape index (κ2) is 5.69. The lowest BCUT2D eigenvalue weighted by molar-refractivity contribution is 0.432. The Morgan fingerprint density at radius 1 is 1.10 bits per heavy atom. The number of halogens is 1. The summed E-state index contributed by atoms with van der Waals surface area (Å²) in [7, 11) is 0. The molecule has 0 aliphatic heterocycles. The Labute approximate surface area is 131 Å². The van der Waals surface area contributed by atoms with Crippen molar-refractivity contribution in [1.82, 2.24) is 10.1 Å². The van der Waals surface area contributed by atoms with Crippen molar-refractivity contribution in [3.63, 3.8) is 0 Å². The maximum atomic E-state index is 5.83. The van der Waals surface area contributed by atoms with E-state index < -0.39 is 0 Å². The third-order valence-corrected chi connectivity index (χ3v) is 3.67. The molecule has 5 heteroatoms. The molecule has 0 spiro atoms. The smallest absolute Gasteiger partial charge is 0.258 e. The lowest BCUT2D eigenvalue weighted by atomic mass is 10.1. The minimum atomic E-state index is 0.456. The third-order valence-electron chi connectivity index (χ3n) is 3.21. The van der Waals surface area contributed by atoms with E-state index in [0.29, 0.717) is 17.4 Å². The largest absolute Gasteiger partial charge is 0.399 e. The van der Waals surface area contributed by atoms with Crippen molar-refractivity contribution in [3.8, 4) is 22.8 Å². The summed E-state index contributed by atoms with van der Waals surface area (Å²) >= 11 is 3.41. The Kier molecular flexibility index (Phi) is 3.75. The Hall–Kier alpha value is -2.14. The molecule has 4 nitrogen and oxygen atoms in total. The van der Waals surface area contributed by atoms with E-state index in [9.17, 15) is 0 Å². The first-order valence-electron chi connectivity index (χ1n) is 6.65. The standard InChI is InChI=1S/C16H14BrN3O/c1-2-10-3-5-11(6-4-10)15-19-16(21-20-15)12-7-13(17)9-14(18)8-12/h3-9H,2,18H2,1H3. The van der Waals surface area contributed by atoms with Crippen LogP contribution in [-0.2, 0) is 6.42 Å². The molecule has 0 fully saturated rings. The molecular formula is C16H14BrN3O. The second-order valence-corrected chi connectivity index (χ2v) is 5.66. The van der Waals surface area contributed by atoms with Crippen molar-refractivity contribution in [2.24, 2.45) is 0 Å². The predicted molar refractivity (Wildman–Crippen MR) is 86.7 cm³/mol. The molecule has 106 valence electrons. The molecule has 0 unspecified atom stereocenters. The maximum absolute atomic E-state index is 5.83. The molecule has 0 saturated heterocycles. The summed E-state index contributed by atoms with van der Waals surface area (Å²) in [6.45, 7) is 2.12. The van der Waals surface area contributed by atoms with Crippen LogP contribution in [-0.4, -0.2) is 10.1 Å². The Bertz CT molecular complexity index is 745. The van der Waals surface area contributed by atoms with Gasteiger partial charge in [0.05, 0.1) is 0 Å². The Morgan fingerprint density at radius 3 is 2.52 bits per heavy atom. The summed E-state index contributed by atoms with van der Waals surface area (Å²) in [5.41, 5.74) is 9.48. The summed E-state index contributed by atoms with van der Waals surface area (Å²) in [4.78, 5) is 4.43. The number of benzene rings is 2. The first-order chi connectivity index (χ1) is 10.2. The van der Waals surface area contributed by atoms with E-state index in [4.69, 9.17) is 10.3 Å². The first-order valence-corrected chi connectivity index (χ1v) is 7.44. The molecule has 1 aromatic heterocycles. The van der Waals surface area contributed by atoms with Crippen molar-refractivity contribution >= 4 is 21.6 Å². The van der Waals surface area contributed by atoms with Crippen molar-refractivity contribution in [2.45, 2.75) is 13.3 Å². The SMILES string of the molecule is CCc1ccc(-c2noc(-c3cc(N)cc(Br)c3)n2)cc1. The van der Waals surface area contributed by atoms with E-state index in [0.717, 1.165) is 22.0 Å². The zero-order valence-corrected chi connectivity index (χ0v) is 13.1. The van der Waals surface area contributed by atoms with Crippen LogP contribution in [0.4, 0.5) is 5.69 Å². The summed E-state index contributed by atoms with van der Waals surface area (Å²) in [6, 6.07) is 13.7. The van der Waals surface area contributed by atoms with Crippen molar-refractivity contribution in [1.29, 1.82) is 0 Å². The number of anilines is 1. The lowest BCUT2D eigenvalue weighted by Gasteiger charge is -1.99. The zero-order chi connectivity index (χ0) is 14.8. The normalized spacial score (nSPS) is 10.8. The highest BCUT2D eigenvalue weighted by molar-refractivity contribution is 9.10. The van der Waals surface area contributed by atoms with Crippen LogP contribution in [0.1, 0.15) is 12.5 Å². The van der Waals surface area contributed by atoms with Crippen LogP contribution < -0.4 is 5.73 Å². The van der Waals surface area contributed by atoms with Crippen molar-refractivity contribution in [2.75, 3.05) is 5.73 Å². The average Bonchev–Trinajstić information content (AvgIpc) is 2.96. The molecule has 0 aliphatic carbocycles. The van der Waals surface area contributed by atoms with Gasteiger partial charge in [0, 0.05) is 21.3 Å². The van der Waals surface area contributed by atoms with Crippen LogP contribution >= 0.6 is 15.9 Å². The number of nitrogens with two attached hydrogens (primary N) is 1. The zero-order valence-electron chi connectivity index (χ0n) is 11.5. The van der Waals surface area contributed by atoms with E-state index in [1.54, 1.807) is 0 Å². The molecule has 1 heterocycles. The van der Waals surface area contributed by atoms with Crippen LogP contribution in [0, 0.1) is 0 Å². The first kappa shape index (κ1) is 13.8. The van der Waals surface area contributed by atoms with Gasteiger partial charge < -0.3 is 10.3 Å². The molecule has 0 amide bonds. The van der Waals surface area contributed by atoms with Gasteiger partial charge in [0.2, 0.25) is 5.82 Å². The van der Waals surface area contributed by atoms with Crippen molar-refractivity contribution in [3.05, 3.63) is 52.5 Å². The predicted octanol–water partition coefficient (Wildman–Crippen LogP) is 4.31. The van der Waals surface area contributed by atoms with Gasteiger partial charge in [0.15, 0.2) is 0 Å². The van der Waals surface area contributed by atoms with E-state index in [2.05, 4.69) is 45.1 Å². The van der Waals surface area contributed by atoms with Gasteiger partial charge in [-0.15, -0.1) is 0 Å². The van der Waals surface area contributed by atoms with Gasteiger partial charge in [0.1, 0.15) is 0 Å². The molecule has 3 rings (SSSR count). The fraction of sp³-hybridized carbons (Fsp3) is 0.125. The molecule has 3 aromatic rings. The van der Waals surface area contributed by atoms with Crippen LogP contribution in [0.3, 0.4) is 0 Å². The highest BCUT2D eigenvalue weighted by atomic mass is 79.9. The van der Waals surface area contributed by atoms with Gasteiger partial charge in [-0.05, 0) is 30.2 Å². The van der Waals surface area contributed by atoms with Crippen LogP contribution in [0.2, 0.25) is 0 Å². The molecule has 0 aliphatic rings. The summed E-state index contributed by atoms with van der Waals surface area (Å²) in [6.07, 6.45) is 1.01. The van der Waals surface area contributed by atoms with E-state index in [1.807, 2.05) is 30.3 Å². The fourth-order valence-corrected chi connectivity index (χ4v) is 2.59. The van der Waals surface area contributed by atoms with Crippen LogP contribution in [0.15, 0.2) is 51.5 Å². The topological polar surface area (TPSA) is 64.9 Å². The molecular weight excluding hydrogens is 330 g/mol. The fourth-order valence-electron chi connectivity index (χ4n) is 2.08. The van der Waals surface area contributed by atoms with E-state index in [-0.39, 0.29) is 0 Å². The summed E-state index contributed by atoms with van der Waals surface area (Å²) in [5, 5.41) is 4.04. The minimum Gasteiger partial charge on any atom is -0.399 e. The maximum Gasteiger partial charge on any atom is 0.258 e. The second-order valence-electron chi connectivity index (χ2n) is 4.75. The number of nitrogens with zero attached hydrogens (tertiary/aromatic N) is 2. The van der Waals surface area contributed by atoms with Crippen LogP contribution in [0.5, 0.6) is 0 Å². The molecule has 2 aromatic carbocycles. The van der Waals surface area contributed by atoms with Gasteiger partial charge in [-0.2, -0.15) is 4.98 Å². The number of nitrogen functional groups attached to an aromatic ring is 1. The number of aryl methyl sites for hydroxylation is 1. The number of hydrogen-bond donors (Lipinski definition) is 1. The number of hydrogen-bond acceptors (Lipinski definition) is 4. The van der Waals surface area contributed by atoms with Gasteiger partial charge in [0.25, 0.3) is 5.89 Å². The average molecular weight is 344 g/mol. The summed E-state index contributed by atoms with van der Waals surface area (Å²) < 4.78 is 6.21. The summed E-state index contributed by atoms with van der Waals surface area (Å²) in [5.74, 6) is 1.03. The molecule has 0 radical (unpaired) electrons. The molecule has 21 heavy (non-hydrogen) atoms. The van der Waals surface area contributed by atoms with E-state index >= 15 is 0 Å². The molecule has 0 bridgehead atoms. The Morgan fingerprint density at radius 2 is 1.86 bits per heavy atom. The molecule has 0 saturated carbocycles. The number of rotatable bonds is 3. The number of aromatic nitrogens is 2. The highest BCUT2D eigenvalue weighted by Crippen LogP contribution is 2.27. The monoisotopic (exact) mass is 343 g/mol. The van der Waals surface area contributed by atoms with Gasteiger partial charge >= 0.3 is 0 Å². The quantitative estimate of drug-likeness (QED) is 0.719. The lowest BCUT2D eigenvalue weighted by Crippen LogP contribution is -1.87. The van der Waals surface area contributed by atoms with Crippen molar-refractivity contribution < 1.29 is 4.52 Å². The van der Waals surface area contributed by atoms with E-state index in [1.165, 1.54) is 5.56 Å². The highest BCUT2D eigenvalue weighted by Gasteiger charge is 2.11. The van der Waals surface area contributed by atoms with Crippen LogP contribution in [0.25, 0.3) is 22.8 Å². The molecule has 0 atom stereocenters. The third kappa shape index (κ3) is 2.97. The Balaban J connectivity index is 1.95. The van der Waals surface area contributed by atoms with Gasteiger partial charge in [-0.1, -0.05) is 52.3 Å². The molecule has 2 N–H and O–H groups in total. The minimum absolute atomic E-state index is 0.456. The van der Waals surface area contributed by atoms with Gasteiger partial charge in [-0.25, -0.2) is 0 Å². The van der Waals surface area contributed by atoms with Gasteiger partial charge in [-0.3, -0.25) is 0 Å².